The number of hydrogen-bond donors (Lipinski definition) is 0. The van der Waals surface area contributed by atoms with Gasteiger partial charge in [-0.2, -0.15) is 0 Å². The van der Waals surface area contributed by atoms with Gasteiger partial charge in [0.1, 0.15) is 0 Å². The van der Waals surface area contributed by atoms with Crippen LogP contribution in [0.5, 0.6) is 0 Å². The number of nitrogens with zero attached hydrogens (tertiary/aromatic N) is 4. The maximum atomic E-state index is 11.4. The van der Waals surface area contributed by atoms with Crippen LogP contribution in [0.2, 0.25) is 0 Å². The minimum Gasteiger partial charge on any atom is -0.280 e. The molecule has 0 spiro atoms. The van der Waals surface area contributed by atoms with Gasteiger partial charge in [0.2, 0.25) is 5.78 Å². The van der Waals surface area contributed by atoms with Crippen LogP contribution < -0.4 is 5.56 Å². The molecule has 6 heteroatoms. The highest BCUT2D eigenvalue weighted by Gasteiger charge is 2.09. The van der Waals surface area contributed by atoms with Crippen LogP contribution in [0.25, 0.3) is 5.78 Å². The van der Waals surface area contributed by atoms with Crippen LogP contribution in [0.4, 0.5) is 0 Å². The van der Waals surface area contributed by atoms with Gasteiger partial charge in [0, 0.05) is 18.8 Å². The van der Waals surface area contributed by atoms with Gasteiger partial charge in [0.15, 0.2) is 5.16 Å². The Hall–Kier alpha value is -1.30. The first-order chi connectivity index (χ1) is 6.65. The zero-order valence-electron chi connectivity index (χ0n) is 8.18. The highest BCUT2D eigenvalue weighted by atomic mass is 32.2. The highest BCUT2D eigenvalue weighted by Crippen LogP contribution is 2.13. The van der Waals surface area contributed by atoms with Crippen molar-refractivity contribution in [2.75, 3.05) is 6.26 Å². The van der Waals surface area contributed by atoms with Gasteiger partial charge in [0.05, 0.1) is 0 Å². The fourth-order valence-corrected chi connectivity index (χ4v) is 1.89. The van der Waals surface area contributed by atoms with E-state index in [1.165, 1.54) is 16.3 Å². The minimum atomic E-state index is -0.0601. The standard InChI is InChI=1S/C8H10N4OS/c1-5-4-6(13)11(2)7-9-10-8(14-3)12(5)7/h4H,1-3H3. The molecule has 2 aromatic heterocycles. The zero-order valence-corrected chi connectivity index (χ0v) is 9.00. The van der Waals surface area contributed by atoms with E-state index in [-0.39, 0.29) is 5.56 Å². The van der Waals surface area contributed by atoms with E-state index in [9.17, 15) is 4.79 Å². The molecule has 0 aliphatic heterocycles. The van der Waals surface area contributed by atoms with Crippen LogP contribution in [0, 0.1) is 6.92 Å². The Morgan fingerprint density at radius 1 is 1.43 bits per heavy atom. The number of rotatable bonds is 1. The van der Waals surface area contributed by atoms with Gasteiger partial charge in [-0.3, -0.25) is 13.8 Å². The quantitative estimate of drug-likeness (QED) is 0.642. The van der Waals surface area contributed by atoms with Crippen LogP contribution in [-0.4, -0.2) is 25.4 Å². The van der Waals surface area contributed by atoms with Gasteiger partial charge < -0.3 is 0 Å². The van der Waals surface area contributed by atoms with E-state index in [4.69, 9.17) is 0 Å². The van der Waals surface area contributed by atoms with Crippen LogP contribution in [0.3, 0.4) is 0 Å². The van der Waals surface area contributed by atoms with Crippen molar-refractivity contribution in [2.45, 2.75) is 12.1 Å². The summed E-state index contributed by atoms with van der Waals surface area (Å²) in [5, 5.41) is 8.76. The molecule has 2 aromatic rings. The van der Waals surface area contributed by atoms with Crippen LogP contribution in [-0.2, 0) is 7.05 Å². The number of thioether (sulfide) groups is 1. The molecule has 0 N–H and O–H groups in total. The molecule has 0 amide bonds. The average molecular weight is 210 g/mol. The predicted octanol–water partition coefficient (Wildman–Crippen LogP) is 0.458. The molecule has 0 aliphatic rings. The van der Waals surface area contributed by atoms with E-state index in [0.29, 0.717) is 5.78 Å². The lowest BCUT2D eigenvalue weighted by Crippen LogP contribution is -2.19. The number of aryl methyl sites for hydroxylation is 2. The van der Waals surface area contributed by atoms with E-state index in [1.807, 2.05) is 17.6 Å². The van der Waals surface area contributed by atoms with Crippen LogP contribution in [0.1, 0.15) is 5.69 Å². The van der Waals surface area contributed by atoms with Gasteiger partial charge in [-0.05, 0) is 13.2 Å². The SMILES string of the molecule is CSc1nnc2n(C)c(=O)cc(C)n12. The van der Waals surface area contributed by atoms with Crippen molar-refractivity contribution >= 4 is 17.5 Å². The minimum absolute atomic E-state index is 0.0601. The molecule has 5 nitrogen and oxygen atoms in total. The second-order valence-electron chi connectivity index (χ2n) is 3.01. The predicted molar refractivity (Wildman–Crippen MR) is 54.7 cm³/mol. The summed E-state index contributed by atoms with van der Waals surface area (Å²) in [4.78, 5) is 11.4. The summed E-state index contributed by atoms with van der Waals surface area (Å²) in [7, 11) is 1.69. The molecule has 74 valence electrons. The molecular formula is C8H10N4OS. The Balaban J connectivity index is 2.97. The average Bonchev–Trinajstić information content (AvgIpc) is 2.58. The number of aromatic nitrogens is 4. The molecule has 0 aliphatic carbocycles. The Kier molecular flexibility index (Phi) is 2.07. The third kappa shape index (κ3) is 1.14. The molecule has 0 saturated heterocycles. The van der Waals surface area contributed by atoms with E-state index in [1.54, 1.807) is 13.1 Å². The lowest BCUT2D eigenvalue weighted by atomic mass is 10.4. The van der Waals surface area contributed by atoms with E-state index in [2.05, 4.69) is 10.2 Å². The molecule has 0 aromatic carbocycles. The highest BCUT2D eigenvalue weighted by molar-refractivity contribution is 7.98. The van der Waals surface area contributed by atoms with Crippen molar-refractivity contribution in [2.24, 2.45) is 7.05 Å². The van der Waals surface area contributed by atoms with Gasteiger partial charge in [-0.25, -0.2) is 0 Å². The maximum Gasteiger partial charge on any atom is 0.254 e. The third-order valence-electron chi connectivity index (χ3n) is 2.11. The lowest BCUT2D eigenvalue weighted by Gasteiger charge is -2.03. The maximum absolute atomic E-state index is 11.4. The molecule has 2 rings (SSSR count). The molecule has 0 unspecified atom stereocenters. The van der Waals surface area contributed by atoms with Gasteiger partial charge in [0.25, 0.3) is 5.56 Å². The van der Waals surface area contributed by atoms with Crippen molar-refractivity contribution in [3.63, 3.8) is 0 Å². The van der Waals surface area contributed by atoms with Crippen molar-refractivity contribution in [1.82, 2.24) is 19.2 Å². The van der Waals surface area contributed by atoms with Gasteiger partial charge in [-0.1, -0.05) is 11.8 Å². The van der Waals surface area contributed by atoms with Gasteiger partial charge in [-0.15, -0.1) is 10.2 Å². The van der Waals surface area contributed by atoms with Crippen molar-refractivity contribution in [3.05, 3.63) is 22.1 Å². The topological polar surface area (TPSA) is 52.2 Å². The van der Waals surface area contributed by atoms with Crippen LogP contribution >= 0.6 is 11.8 Å². The summed E-state index contributed by atoms with van der Waals surface area (Å²) in [5.41, 5.74) is 0.799. The first-order valence-electron chi connectivity index (χ1n) is 4.11. The van der Waals surface area contributed by atoms with E-state index < -0.39 is 0 Å². The number of fused-ring (bicyclic) bond motifs is 1. The largest absolute Gasteiger partial charge is 0.280 e. The Labute approximate surface area is 84.8 Å². The van der Waals surface area contributed by atoms with E-state index in [0.717, 1.165) is 10.9 Å². The zero-order chi connectivity index (χ0) is 10.3. The molecule has 2 heterocycles. The summed E-state index contributed by atoms with van der Waals surface area (Å²) in [5.74, 6) is 0.583. The summed E-state index contributed by atoms with van der Waals surface area (Å²) >= 11 is 1.51. The lowest BCUT2D eigenvalue weighted by molar-refractivity contribution is 0.810. The Morgan fingerprint density at radius 3 is 2.79 bits per heavy atom. The Bertz CT molecular complexity index is 542. The molecule has 0 fully saturated rings. The fourth-order valence-electron chi connectivity index (χ4n) is 1.36. The van der Waals surface area contributed by atoms with Gasteiger partial charge >= 0.3 is 0 Å². The summed E-state index contributed by atoms with van der Waals surface area (Å²) < 4.78 is 3.35. The second kappa shape index (κ2) is 3.13. The second-order valence-corrected chi connectivity index (χ2v) is 3.78. The Morgan fingerprint density at radius 2 is 2.14 bits per heavy atom. The molecule has 0 saturated carbocycles. The fraction of sp³-hybridized carbons (Fsp3) is 0.375. The summed E-state index contributed by atoms with van der Waals surface area (Å²) in [6.45, 7) is 1.87. The number of hydrogen-bond acceptors (Lipinski definition) is 4. The summed E-state index contributed by atoms with van der Waals surface area (Å²) in [6, 6.07) is 1.58. The normalized spacial score (nSPS) is 11.1. The molecule has 14 heavy (non-hydrogen) atoms. The third-order valence-corrected chi connectivity index (χ3v) is 2.74. The van der Waals surface area contributed by atoms with Crippen molar-refractivity contribution in [1.29, 1.82) is 0 Å². The monoisotopic (exact) mass is 210 g/mol. The van der Waals surface area contributed by atoms with Crippen molar-refractivity contribution in [3.8, 4) is 0 Å². The smallest absolute Gasteiger partial charge is 0.254 e. The molecular weight excluding hydrogens is 200 g/mol. The molecule has 0 radical (unpaired) electrons. The molecule has 0 atom stereocenters. The van der Waals surface area contributed by atoms with Crippen molar-refractivity contribution < 1.29 is 0 Å². The first kappa shape index (κ1) is 9.26. The van der Waals surface area contributed by atoms with E-state index >= 15 is 0 Å². The molecule has 0 bridgehead atoms. The first-order valence-corrected chi connectivity index (χ1v) is 5.33. The summed E-state index contributed by atoms with van der Waals surface area (Å²) in [6.07, 6.45) is 1.93. The van der Waals surface area contributed by atoms with Crippen LogP contribution in [0.15, 0.2) is 16.0 Å².